The molecule has 126 valence electrons. The summed E-state index contributed by atoms with van der Waals surface area (Å²) in [6, 6.07) is 10.2. The Hall–Kier alpha value is -1.39. The number of rotatable bonds is 5. The van der Waals surface area contributed by atoms with Gasteiger partial charge < -0.3 is 14.9 Å². The van der Waals surface area contributed by atoms with Crippen molar-refractivity contribution in [2.75, 3.05) is 33.3 Å². The van der Waals surface area contributed by atoms with Gasteiger partial charge >= 0.3 is 0 Å². The van der Waals surface area contributed by atoms with Crippen LogP contribution in [0.5, 0.6) is 0 Å². The van der Waals surface area contributed by atoms with Crippen molar-refractivity contribution in [1.82, 2.24) is 9.80 Å². The minimum atomic E-state index is 0.0298. The number of nitrogens with zero attached hydrogens (tertiary/aromatic N) is 2. The average molecular weight is 316 g/mol. The molecule has 2 fully saturated rings. The Balaban J connectivity index is 1.64. The number of carbonyl (C=O) groups is 1. The number of likely N-dealkylation sites (N-methyl/N-ethyl adjacent to an activating group) is 1. The molecule has 4 heteroatoms. The third-order valence-corrected chi connectivity index (χ3v) is 5.80. The number of unbranched alkanes of at least 4 members (excludes halogenated alkanes) is 1. The Morgan fingerprint density at radius 3 is 2.52 bits per heavy atom. The number of piperidine rings is 1. The molecule has 0 aliphatic carbocycles. The first-order chi connectivity index (χ1) is 11.2. The van der Waals surface area contributed by atoms with Crippen LogP contribution >= 0.6 is 0 Å². The van der Waals surface area contributed by atoms with Crippen LogP contribution in [-0.4, -0.2) is 59.6 Å². The summed E-state index contributed by atoms with van der Waals surface area (Å²) in [6.07, 6.45) is 5.03. The fourth-order valence-corrected chi connectivity index (χ4v) is 4.20. The zero-order valence-electron chi connectivity index (χ0n) is 14.1. The van der Waals surface area contributed by atoms with Gasteiger partial charge in [0.15, 0.2) is 0 Å². The molecule has 0 radical (unpaired) electrons. The first kappa shape index (κ1) is 16.5. The normalized spacial score (nSPS) is 24.5. The third kappa shape index (κ3) is 3.29. The molecule has 0 bridgehead atoms. The van der Waals surface area contributed by atoms with Crippen molar-refractivity contribution in [2.24, 2.45) is 0 Å². The highest BCUT2D eigenvalue weighted by atomic mass is 16.2. The van der Waals surface area contributed by atoms with Crippen LogP contribution in [0.1, 0.15) is 43.6 Å². The van der Waals surface area contributed by atoms with Gasteiger partial charge in [-0.15, -0.1) is 0 Å². The molecule has 1 atom stereocenters. The van der Waals surface area contributed by atoms with E-state index in [0.29, 0.717) is 0 Å². The van der Waals surface area contributed by atoms with Gasteiger partial charge in [0.05, 0.1) is 5.92 Å². The van der Waals surface area contributed by atoms with Gasteiger partial charge in [0.1, 0.15) is 0 Å². The van der Waals surface area contributed by atoms with Gasteiger partial charge in [-0.25, -0.2) is 0 Å². The minimum absolute atomic E-state index is 0.0298. The van der Waals surface area contributed by atoms with E-state index in [1.54, 1.807) is 0 Å². The van der Waals surface area contributed by atoms with Gasteiger partial charge in [0.2, 0.25) is 5.91 Å². The molecule has 1 aromatic carbocycles. The summed E-state index contributed by atoms with van der Waals surface area (Å²) in [6.45, 7) is 3.47. The van der Waals surface area contributed by atoms with Crippen molar-refractivity contribution >= 4 is 5.91 Å². The molecule has 0 aromatic heterocycles. The lowest BCUT2D eigenvalue weighted by Gasteiger charge is -2.43. The van der Waals surface area contributed by atoms with Gasteiger partial charge in [-0.2, -0.15) is 0 Å². The van der Waals surface area contributed by atoms with Crippen molar-refractivity contribution in [3.8, 4) is 0 Å². The molecule has 1 amide bonds. The molecule has 1 spiro atoms. The SMILES string of the molecule is CN1C(=O)[C@H](c2ccccc2)CC12CCN(CCCCO)CC2. The molecule has 0 unspecified atom stereocenters. The molecule has 0 saturated carbocycles. The van der Waals surface area contributed by atoms with Crippen LogP contribution in [0.3, 0.4) is 0 Å². The summed E-state index contributed by atoms with van der Waals surface area (Å²) in [7, 11) is 1.99. The van der Waals surface area contributed by atoms with E-state index >= 15 is 0 Å². The fourth-order valence-electron chi connectivity index (χ4n) is 4.20. The molecule has 2 aliphatic heterocycles. The fraction of sp³-hybridized carbons (Fsp3) is 0.632. The monoisotopic (exact) mass is 316 g/mol. The minimum Gasteiger partial charge on any atom is -0.396 e. The van der Waals surface area contributed by atoms with E-state index in [0.717, 1.165) is 57.3 Å². The molecular weight excluding hydrogens is 288 g/mol. The molecule has 23 heavy (non-hydrogen) atoms. The standard InChI is InChI=1S/C19H28N2O2/c1-20-18(23)17(16-7-3-2-4-8-16)15-19(20)9-12-21(13-10-19)11-5-6-14-22/h2-4,7-8,17,22H,5-6,9-15H2,1H3/t17-/m0/s1. The summed E-state index contributed by atoms with van der Waals surface area (Å²) in [5.41, 5.74) is 1.21. The zero-order chi connectivity index (χ0) is 16.3. The highest BCUT2D eigenvalue weighted by molar-refractivity contribution is 5.87. The number of likely N-dealkylation sites (tertiary alicyclic amines) is 2. The predicted molar refractivity (Wildman–Crippen MR) is 91.3 cm³/mol. The van der Waals surface area contributed by atoms with Crippen LogP contribution in [0.15, 0.2) is 30.3 Å². The van der Waals surface area contributed by atoms with E-state index in [1.807, 2.05) is 30.1 Å². The maximum atomic E-state index is 12.8. The third-order valence-electron chi connectivity index (χ3n) is 5.80. The Labute approximate surface area is 139 Å². The van der Waals surface area contributed by atoms with Gasteiger partial charge in [-0.3, -0.25) is 4.79 Å². The molecular formula is C19H28N2O2. The van der Waals surface area contributed by atoms with Crippen molar-refractivity contribution in [3.63, 3.8) is 0 Å². The Kier molecular flexibility index (Phi) is 5.02. The predicted octanol–water partition coefficient (Wildman–Crippen LogP) is 2.24. The lowest BCUT2D eigenvalue weighted by molar-refractivity contribution is -0.131. The topological polar surface area (TPSA) is 43.8 Å². The number of aliphatic hydroxyl groups is 1. The van der Waals surface area contributed by atoms with Crippen molar-refractivity contribution in [3.05, 3.63) is 35.9 Å². The van der Waals surface area contributed by atoms with Crippen molar-refractivity contribution < 1.29 is 9.90 Å². The Bertz CT molecular complexity index is 523. The first-order valence-corrected chi connectivity index (χ1v) is 8.82. The lowest BCUT2D eigenvalue weighted by atomic mass is 9.81. The second-order valence-corrected chi connectivity index (χ2v) is 7.06. The van der Waals surface area contributed by atoms with E-state index in [-0.39, 0.29) is 24.0 Å². The zero-order valence-corrected chi connectivity index (χ0v) is 14.1. The quantitative estimate of drug-likeness (QED) is 0.847. The number of aliphatic hydroxyl groups excluding tert-OH is 1. The van der Waals surface area contributed by atoms with Crippen LogP contribution in [0.4, 0.5) is 0 Å². The maximum absolute atomic E-state index is 12.8. The van der Waals surface area contributed by atoms with Crippen LogP contribution in [0, 0.1) is 0 Å². The van der Waals surface area contributed by atoms with E-state index < -0.39 is 0 Å². The summed E-state index contributed by atoms with van der Waals surface area (Å²) in [5, 5.41) is 8.90. The molecule has 2 aliphatic rings. The van der Waals surface area contributed by atoms with Gasteiger partial charge in [-0.1, -0.05) is 30.3 Å². The Morgan fingerprint density at radius 1 is 1.17 bits per heavy atom. The average Bonchev–Trinajstić information content (AvgIpc) is 2.83. The highest BCUT2D eigenvalue weighted by Crippen LogP contribution is 2.44. The Morgan fingerprint density at radius 2 is 1.87 bits per heavy atom. The number of hydrogen-bond acceptors (Lipinski definition) is 3. The molecule has 4 nitrogen and oxygen atoms in total. The van der Waals surface area contributed by atoms with Crippen LogP contribution in [0.2, 0.25) is 0 Å². The molecule has 2 heterocycles. The van der Waals surface area contributed by atoms with Gasteiger partial charge in [-0.05, 0) is 44.2 Å². The summed E-state index contributed by atoms with van der Waals surface area (Å²) in [5.74, 6) is 0.312. The highest BCUT2D eigenvalue weighted by Gasteiger charge is 2.50. The summed E-state index contributed by atoms with van der Waals surface area (Å²) < 4.78 is 0. The first-order valence-electron chi connectivity index (χ1n) is 8.82. The van der Waals surface area contributed by atoms with Crippen molar-refractivity contribution in [2.45, 2.75) is 43.6 Å². The number of amides is 1. The summed E-state index contributed by atoms with van der Waals surface area (Å²) >= 11 is 0. The van der Waals surface area contributed by atoms with E-state index in [2.05, 4.69) is 17.0 Å². The number of carbonyl (C=O) groups excluding carboxylic acids is 1. The molecule has 1 N–H and O–H groups in total. The van der Waals surface area contributed by atoms with Crippen LogP contribution in [0.25, 0.3) is 0 Å². The van der Waals surface area contributed by atoms with E-state index in [1.165, 1.54) is 0 Å². The number of hydrogen-bond donors (Lipinski definition) is 1. The maximum Gasteiger partial charge on any atom is 0.230 e. The van der Waals surface area contributed by atoms with Crippen LogP contribution in [-0.2, 0) is 4.79 Å². The van der Waals surface area contributed by atoms with Crippen LogP contribution < -0.4 is 0 Å². The second-order valence-electron chi connectivity index (χ2n) is 7.06. The summed E-state index contributed by atoms with van der Waals surface area (Å²) in [4.78, 5) is 17.3. The molecule has 1 aromatic rings. The van der Waals surface area contributed by atoms with Crippen molar-refractivity contribution in [1.29, 1.82) is 0 Å². The number of benzene rings is 1. The second kappa shape index (κ2) is 7.02. The largest absolute Gasteiger partial charge is 0.396 e. The van der Waals surface area contributed by atoms with E-state index in [9.17, 15) is 4.79 Å². The molecule has 2 saturated heterocycles. The van der Waals surface area contributed by atoms with Gasteiger partial charge in [0.25, 0.3) is 0 Å². The van der Waals surface area contributed by atoms with Gasteiger partial charge in [0, 0.05) is 32.3 Å². The smallest absolute Gasteiger partial charge is 0.230 e. The lowest BCUT2D eigenvalue weighted by Crippen LogP contribution is -2.51. The molecule has 3 rings (SSSR count). The van der Waals surface area contributed by atoms with E-state index in [4.69, 9.17) is 5.11 Å².